The maximum atomic E-state index is 5.72. The molecule has 3 rings (SSSR count). The summed E-state index contributed by atoms with van der Waals surface area (Å²) >= 11 is 0. The zero-order valence-electron chi connectivity index (χ0n) is 20.1. The second kappa shape index (κ2) is 14.1. The van der Waals surface area contributed by atoms with Gasteiger partial charge in [0.1, 0.15) is 0 Å². The Hall–Kier alpha value is -2.12. The quantitative estimate of drug-likeness (QED) is 0.228. The van der Waals surface area contributed by atoms with Crippen molar-refractivity contribution in [2.75, 3.05) is 6.61 Å². The van der Waals surface area contributed by atoms with Crippen LogP contribution >= 0.6 is 0 Å². The van der Waals surface area contributed by atoms with Crippen LogP contribution in [0, 0.1) is 5.92 Å². The number of benzene rings is 2. The SMILES string of the molecule is C=CCCCc1ccc(CC[C@H]2CC[C@H](c3ccc(COCC=CCC)cc3)CC2)cc1. The molecule has 0 bridgehead atoms. The smallest absolute Gasteiger partial charge is 0.0721 e. The molecule has 1 aliphatic rings. The van der Waals surface area contributed by atoms with Gasteiger partial charge in [-0.25, -0.2) is 0 Å². The minimum atomic E-state index is 0.705. The largest absolute Gasteiger partial charge is 0.373 e. The van der Waals surface area contributed by atoms with Crippen LogP contribution in [0.2, 0.25) is 0 Å². The van der Waals surface area contributed by atoms with Gasteiger partial charge < -0.3 is 4.74 Å². The third-order valence-electron chi connectivity index (χ3n) is 6.92. The maximum absolute atomic E-state index is 5.72. The first-order valence-corrected chi connectivity index (χ1v) is 12.8. The number of allylic oxidation sites excluding steroid dienone is 2. The molecular formula is C31H42O. The van der Waals surface area contributed by atoms with E-state index in [4.69, 9.17) is 4.74 Å². The zero-order valence-corrected chi connectivity index (χ0v) is 20.1. The van der Waals surface area contributed by atoms with E-state index in [2.05, 4.69) is 74.2 Å². The molecule has 0 heterocycles. The lowest BCUT2D eigenvalue weighted by Gasteiger charge is -2.29. The Morgan fingerprint density at radius 2 is 1.50 bits per heavy atom. The lowest BCUT2D eigenvalue weighted by Crippen LogP contribution is -2.14. The van der Waals surface area contributed by atoms with E-state index in [0.29, 0.717) is 13.2 Å². The number of unbranched alkanes of at least 4 members (excludes halogenated alkanes) is 1. The lowest BCUT2D eigenvalue weighted by molar-refractivity contribution is 0.148. The third kappa shape index (κ3) is 8.43. The number of hydrogen-bond donors (Lipinski definition) is 0. The molecule has 1 nitrogen and oxygen atoms in total. The number of rotatable bonds is 13. The summed E-state index contributed by atoms with van der Waals surface area (Å²) in [6, 6.07) is 18.5. The van der Waals surface area contributed by atoms with E-state index >= 15 is 0 Å². The van der Waals surface area contributed by atoms with Crippen LogP contribution < -0.4 is 0 Å². The molecular weight excluding hydrogens is 388 g/mol. The maximum Gasteiger partial charge on any atom is 0.0721 e. The summed E-state index contributed by atoms with van der Waals surface area (Å²) in [7, 11) is 0. The topological polar surface area (TPSA) is 9.23 Å². The predicted molar refractivity (Wildman–Crippen MR) is 138 cm³/mol. The molecule has 0 radical (unpaired) electrons. The lowest BCUT2D eigenvalue weighted by atomic mass is 9.77. The minimum absolute atomic E-state index is 0.705. The molecule has 0 aromatic heterocycles. The fourth-order valence-electron chi connectivity index (χ4n) is 4.84. The number of aryl methyl sites for hydroxylation is 2. The van der Waals surface area contributed by atoms with Crippen molar-refractivity contribution in [3.63, 3.8) is 0 Å². The van der Waals surface area contributed by atoms with E-state index < -0.39 is 0 Å². The van der Waals surface area contributed by atoms with Crippen molar-refractivity contribution < 1.29 is 4.74 Å². The van der Waals surface area contributed by atoms with Gasteiger partial charge in [0, 0.05) is 0 Å². The van der Waals surface area contributed by atoms with Crippen LogP contribution in [-0.2, 0) is 24.2 Å². The van der Waals surface area contributed by atoms with Gasteiger partial charge in [-0.3, -0.25) is 0 Å². The van der Waals surface area contributed by atoms with Crippen molar-refractivity contribution in [1.82, 2.24) is 0 Å². The van der Waals surface area contributed by atoms with Gasteiger partial charge in [-0.05, 0) is 98.3 Å². The van der Waals surface area contributed by atoms with Crippen molar-refractivity contribution in [2.24, 2.45) is 5.92 Å². The summed E-state index contributed by atoms with van der Waals surface area (Å²) in [6.07, 6.45) is 18.8. The van der Waals surface area contributed by atoms with E-state index in [9.17, 15) is 0 Å². The highest BCUT2D eigenvalue weighted by Crippen LogP contribution is 2.37. The first kappa shape index (κ1) is 24.5. The van der Waals surface area contributed by atoms with Gasteiger partial charge in [0.25, 0.3) is 0 Å². The monoisotopic (exact) mass is 430 g/mol. The van der Waals surface area contributed by atoms with Crippen LogP contribution in [-0.4, -0.2) is 6.61 Å². The Kier molecular flexibility index (Phi) is 10.8. The van der Waals surface area contributed by atoms with Crippen LogP contribution in [0.5, 0.6) is 0 Å². The fraction of sp³-hybridized carbons (Fsp3) is 0.484. The summed E-state index contributed by atoms with van der Waals surface area (Å²) in [5.74, 6) is 1.63. The average Bonchev–Trinajstić information content (AvgIpc) is 2.84. The Bertz CT molecular complexity index is 791. The summed E-state index contributed by atoms with van der Waals surface area (Å²) in [5.41, 5.74) is 5.76. The molecule has 1 aliphatic carbocycles. The van der Waals surface area contributed by atoms with E-state index in [1.54, 1.807) is 0 Å². The average molecular weight is 431 g/mol. The molecule has 2 aromatic rings. The van der Waals surface area contributed by atoms with Gasteiger partial charge in [0.2, 0.25) is 0 Å². The van der Waals surface area contributed by atoms with Gasteiger partial charge in [0.05, 0.1) is 13.2 Å². The predicted octanol–water partition coefficient (Wildman–Crippen LogP) is 8.58. The molecule has 2 aromatic carbocycles. The molecule has 0 atom stereocenters. The van der Waals surface area contributed by atoms with Crippen molar-refractivity contribution >= 4 is 0 Å². The second-order valence-corrected chi connectivity index (χ2v) is 9.39. The first-order chi connectivity index (χ1) is 15.8. The van der Waals surface area contributed by atoms with Crippen LogP contribution in [0.25, 0.3) is 0 Å². The van der Waals surface area contributed by atoms with Crippen molar-refractivity contribution in [3.8, 4) is 0 Å². The number of ether oxygens (including phenoxy) is 1. The molecule has 0 N–H and O–H groups in total. The summed E-state index contributed by atoms with van der Waals surface area (Å²) in [4.78, 5) is 0. The van der Waals surface area contributed by atoms with E-state index in [-0.39, 0.29) is 0 Å². The van der Waals surface area contributed by atoms with Gasteiger partial charge in [-0.15, -0.1) is 6.58 Å². The van der Waals surface area contributed by atoms with Crippen LogP contribution in [0.3, 0.4) is 0 Å². The minimum Gasteiger partial charge on any atom is -0.373 e. The molecule has 0 spiro atoms. The van der Waals surface area contributed by atoms with Crippen LogP contribution in [0.1, 0.15) is 86.5 Å². The fourth-order valence-corrected chi connectivity index (χ4v) is 4.84. The zero-order chi connectivity index (χ0) is 22.4. The molecule has 1 saturated carbocycles. The Morgan fingerprint density at radius 1 is 0.844 bits per heavy atom. The highest BCUT2D eigenvalue weighted by Gasteiger charge is 2.22. The van der Waals surface area contributed by atoms with Gasteiger partial charge in [0.15, 0.2) is 0 Å². The van der Waals surface area contributed by atoms with E-state index in [1.807, 2.05) is 6.08 Å². The third-order valence-corrected chi connectivity index (χ3v) is 6.92. The van der Waals surface area contributed by atoms with Crippen molar-refractivity contribution in [3.05, 3.63) is 95.6 Å². The molecule has 0 amide bonds. The van der Waals surface area contributed by atoms with Crippen molar-refractivity contribution in [1.29, 1.82) is 0 Å². The van der Waals surface area contributed by atoms with Crippen LogP contribution in [0.15, 0.2) is 73.3 Å². The van der Waals surface area contributed by atoms with Gasteiger partial charge in [-0.1, -0.05) is 73.7 Å². The molecule has 172 valence electrons. The molecule has 1 fully saturated rings. The standard InChI is InChI=1S/C31H42O/c1-3-5-7-9-26-10-12-27(13-11-26)14-15-28-16-20-30(21-17-28)31-22-18-29(19-23-31)25-32-24-8-6-4-2/h3,6,8,10-13,18-19,22-23,28,30H,1,4-5,7,9,14-17,20-21,24-25H2,2H3/t28-,30-. The molecule has 32 heavy (non-hydrogen) atoms. The summed E-state index contributed by atoms with van der Waals surface area (Å²) in [5, 5.41) is 0. The molecule has 0 aliphatic heterocycles. The highest BCUT2D eigenvalue weighted by molar-refractivity contribution is 5.26. The first-order valence-electron chi connectivity index (χ1n) is 12.8. The number of hydrogen-bond acceptors (Lipinski definition) is 1. The highest BCUT2D eigenvalue weighted by atomic mass is 16.5. The Morgan fingerprint density at radius 3 is 2.16 bits per heavy atom. The summed E-state index contributed by atoms with van der Waals surface area (Å²) < 4.78 is 5.72. The van der Waals surface area contributed by atoms with Gasteiger partial charge >= 0.3 is 0 Å². The Labute approximate surface area is 196 Å². The van der Waals surface area contributed by atoms with Crippen molar-refractivity contribution in [2.45, 2.75) is 83.7 Å². The van der Waals surface area contributed by atoms with E-state index in [1.165, 1.54) is 73.6 Å². The molecule has 0 unspecified atom stereocenters. The van der Waals surface area contributed by atoms with E-state index in [0.717, 1.165) is 24.7 Å². The summed E-state index contributed by atoms with van der Waals surface area (Å²) in [6.45, 7) is 7.37. The second-order valence-electron chi connectivity index (χ2n) is 9.39. The van der Waals surface area contributed by atoms with Gasteiger partial charge in [-0.2, -0.15) is 0 Å². The van der Waals surface area contributed by atoms with Crippen LogP contribution in [0.4, 0.5) is 0 Å². The normalized spacial score (nSPS) is 18.8. The Balaban J connectivity index is 1.35. The molecule has 1 heteroatoms. The molecule has 0 saturated heterocycles.